The lowest BCUT2D eigenvalue weighted by Gasteiger charge is -2.30. The van der Waals surface area contributed by atoms with Crippen molar-refractivity contribution in [2.75, 3.05) is 13.1 Å². The Balaban J connectivity index is 1.46. The molecule has 0 aromatic carbocycles. The number of carbonyl (C=O) groups excluding carboxylic acids is 1. The fourth-order valence-corrected chi connectivity index (χ4v) is 5.76. The summed E-state index contributed by atoms with van der Waals surface area (Å²) in [5, 5.41) is 4.81. The summed E-state index contributed by atoms with van der Waals surface area (Å²) in [6.07, 6.45) is 4.36. The average Bonchev–Trinajstić information content (AvgIpc) is 3.34. The van der Waals surface area contributed by atoms with Gasteiger partial charge < -0.3 is 9.73 Å². The van der Waals surface area contributed by atoms with E-state index in [0.29, 0.717) is 30.1 Å². The molecule has 0 unspecified atom stereocenters. The predicted octanol–water partition coefficient (Wildman–Crippen LogP) is 2.88. The van der Waals surface area contributed by atoms with Crippen LogP contribution < -0.4 is 5.32 Å². The number of furan rings is 1. The first kappa shape index (κ1) is 19.1. The topological polar surface area (TPSA) is 79.6 Å². The molecule has 1 saturated heterocycles. The second kappa shape index (κ2) is 8.37. The third-order valence-corrected chi connectivity index (χ3v) is 7.98. The van der Waals surface area contributed by atoms with Gasteiger partial charge in [-0.15, -0.1) is 11.3 Å². The lowest BCUT2D eigenvalue weighted by atomic mass is 9.96. The van der Waals surface area contributed by atoms with Crippen molar-refractivity contribution in [1.29, 1.82) is 0 Å². The van der Waals surface area contributed by atoms with Crippen LogP contribution in [-0.2, 0) is 21.2 Å². The molecule has 1 atom stereocenters. The van der Waals surface area contributed by atoms with Gasteiger partial charge in [0.05, 0.1) is 6.26 Å². The number of carbonyl (C=O) groups is 1. The predicted molar refractivity (Wildman–Crippen MR) is 100 cm³/mol. The van der Waals surface area contributed by atoms with Gasteiger partial charge in [0, 0.05) is 31.5 Å². The highest BCUT2D eigenvalue weighted by atomic mass is 32.2. The van der Waals surface area contributed by atoms with Crippen molar-refractivity contribution in [1.82, 2.24) is 9.62 Å². The van der Waals surface area contributed by atoms with Gasteiger partial charge in [0.2, 0.25) is 5.91 Å². The largest absolute Gasteiger partial charge is 0.469 e. The first-order valence-corrected chi connectivity index (χ1v) is 11.1. The fraction of sp³-hybridized carbons (Fsp3) is 0.500. The third-order valence-electron chi connectivity index (χ3n) is 4.71. The Kier molecular flexibility index (Phi) is 6.16. The minimum absolute atomic E-state index is 0.0186. The van der Waals surface area contributed by atoms with Crippen molar-refractivity contribution in [3.63, 3.8) is 0 Å². The number of nitrogens with one attached hydrogen (secondary N) is 1. The van der Waals surface area contributed by atoms with Crippen LogP contribution in [0, 0.1) is 5.92 Å². The molecular formula is C18H24N2O4S2. The van der Waals surface area contributed by atoms with Crippen LogP contribution in [0.15, 0.2) is 44.5 Å². The molecule has 1 N–H and O–H groups in total. The van der Waals surface area contributed by atoms with Crippen LogP contribution in [0.4, 0.5) is 0 Å². The molecule has 6 nitrogen and oxygen atoms in total. The molecule has 26 heavy (non-hydrogen) atoms. The number of thiophene rings is 1. The van der Waals surface area contributed by atoms with Crippen LogP contribution >= 0.6 is 11.3 Å². The van der Waals surface area contributed by atoms with Gasteiger partial charge in [0.1, 0.15) is 9.97 Å². The second-order valence-corrected chi connectivity index (χ2v) is 9.75. The summed E-state index contributed by atoms with van der Waals surface area (Å²) in [6.45, 7) is 2.76. The van der Waals surface area contributed by atoms with Gasteiger partial charge in [0.15, 0.2) is 0 Å². The number of piperidine rings is 1. The molecule has 0 bridgehead atoms. The molecule has 3 rings (SSSR count). The maximum atomic E-state index is 12.5. The van der Waals surface area contributed by atoms with E-state index in [-0.39, 0.29) is 17.9 Å². The highest BCUT2D eigenvalue weighted by molar-refractivity contribution is 7.91. The van der Waals surface area contributed by atoms with Crippen LogP contribution in [0.2, 0.25) is 0 Å². The van der Waals surface area contributed by atoms with E-state index in [9.17, 15) is 13.2 Å². The van der Waals surface area contributed by atoms with Crippen LogP contribution in [0.5, 0.6) is 0 Å². The second-order valence-electron chi connectivity index (χ2n) is 6.64. The Bertz CT molecular complexity index is 792. The molecule has 142 valence electrons. The van der Waals surface area contributed by atoms with Crippen molar-refractivity contribution in [2.24, 2.45) is 5.92 Å². The summed E-state index contributed by atoms with van der Waals surface area (Å²) in [5.41, 5.74) is 0. The first-order chi connectivity index (χ1) is 12.5. The molecule has 1 aliphatic rings. The van der Waals surface area contributed by atoms with E-state index >= 15 is 0 Å². The van der Waals surface area contributed by atoms with Crippen LogP contribution in [-0.4, -0.2) is 37.8 Å². The third kappa shape index (κ3) is 4.55. The normalized spacial score (nSPS) is 17.9. The number of nitrogens with zero attached hydrogens (tertiary/aromatic N) is 1. The van der Waals surface area contributed by atoms with Gasteiger partial charge in [-0.05, 0) is 49.8 Å². The number of sulfonamides is 1. The van der Waals surface area contributed by atoms with Gasteiger partial charge in [0.25, 0.3) is 10.0 Å². The number of rotatable bonds is 7. The molecule has 3 heterocycles. The van der Waals surface area contributed by atoms with E-state index in [1.807, 2.05) is 19.1 Å². The Labute approximate surface area is 158 Å². The van der Waals surface area contributed by atoms with E-state index in [1.165, 1.54) is 15.6 Å². The Morgan fingerprint density at radius 3 is 2.73 bits per heavy atom. The van der Waals surface area contributed by atoms with E-state index in [0.717, 1.165) is 18.6 Å². The quantitative estimate of drug-likeness (QED) is 0.780. The lowest BCUT2D eigenvalue weighted by Crippen LogP contribution is -2.44. The molecular weight excluding hydrogens is 372 g/mol. The molecule has 8 heteroatoms. The highest BCUT2D eigenvalue weighted by Gasteiger charge is 2.32. The monoisotopic (exact) mass is 396 g/mol. The Hall–Kier alpha value is -1.64. The summed E-state index contributed by atoms with van der Waals surface area (Å²) in [4.78, 5) is 12.5. The highest BCUT2D eigenvalue weighted by Crippen LogP contribution is 2.26. The summed E-state index contributed by atoms with van der Waals surface area (Å²) >= 11 is 1.23. The molecule has 1 aliphatic heterocycles. The lowest BCUT2D eigenvalue weighted by molar-refractivity contribution is -0.126. The van der Waals surface area contributed by atoms with E-state index in [4.69, 9.17) is 4.42 Å². The molecule has 2 aromatic rings. The Morgan fingerprint density at radius 1 is 1.35 bits per heavy atom. The van der Waals surface area contributed by atoms with E-state index in [2.05, 4.69) is 5.32 Å². The van der Waals surface area contributed by atoms with Crippen LogP contribution in [0.25, 0.3) is 0 Å². The molecule has 0 radical (unpaired) electrons. The standard InChI is InChI=1S/C18H24N2O4S2/c1-14(6-7-16-4-2-12-24-16)19-18(21)15-8-10-20(11-9-15)26(22,23)17-5-3-13-25-17/h2-5,12-15H,6-11H2,1H3,(H,19,21)/t14-/m1/s1. The molecule has 0 aliphatic carbocycles. The van der Waals surface area contributed by atoms with Gasteiger partial charge >= 0.3 is 0 Å². The van der Waals surface area contributed by atoms with Crippen LogP contribution in [0.3, 0.4) is 0 Å². The van der Waals surface area contributed by atoms with Crippen molar-refractivity contribution in [2.45, 2.75) is 42.9 Å². The maximum absolute atomic E-state index is 12.5. The van der Waals surface area contributed by atoms with Crippen molar-refractivity contribution < 1.29 is 17.6 Å². The number of hydrogen-bond acceptors (Lipinski definition) is 5. The number of hydrogen-bond donors (Lipinski definition) is 1. The zero-order valence-corrected chi connectivity index (χ0v) is 16.4. The summed E-state index contributed by atoms with van der Waals surface area (Å²) in [5.74, 6) is 0.805. The maximum Gasteiger partial charge on any atom is 0.252 e. The average molecular weight is 397 g/mol. The van der Waals surface area contributed by atoms with Gasteiger partial charge in [-0.2, -0.15) is 4.31 Å². The van der Waals surface area contributed by atoms with Crippen molar-refractivity contribution in [3.05, 3.63) is 41.7 Å². The zero-order valence-electron chi connectivity index (χ0n) is 14.8. The molecule has 2 aromatic heterocycles. The molecule has 0 spiro atoms. The minimum atomic E-state index is -3.41. The van der Waals surface area contributed by atoms with Gasteiger partial charge in [-0.3, -0.25) is 4.79 Å². The SMILES string of the molecule is C[C@H](CCc1ccco1)NC(=O)C1CCN(S(=O)(=O)c2cccs2)CC1. The minimum Gasteiger partial charge on any atom is -0.469 e. The number of amides is 1. The van der Waals surface area contributed by atoms with E-state index < -0.39 is 10.0 Å². The molecule has 0 saturated carbocycles. The summed E-state index contributed by atoms with van der Waals surface area (Å²) < 4.78 is 32.2. The number of aryl methyl sites for hydroxylation is 1. The van der Waals surface area contributed by atoms with Crippen molar-refractivity contribution in [3.8, 4) is 0 Å². The first-order valence-electron chi connectivity index (χ1n) is 8.83. The smallest absolute Gasteiger partial charge is 0.252 e. The van der Waals surface area contributed by atoms with Crippen LogP contribution in [0.1, 0.15) is 31.9 Å². The van der Waals surface area contributed by atoms with Gasteiger partial charge in [-0.25, -0.2) is 8.42 Å². The zero-order chi connectivity index (χ0) is 18.6. The molecule has 1 amide bonds. The van der Waals surface area contributed by atoms with Gasteiger partial charge in [-0.1, -0.05) is 6.07 Å². The Morgan fingerprint density at radius 2 is 2.12 bits per heavy atom. The van der Waals surface area contributed by atoms with E-state index in [1.54, 1.807) is 23.8 Å². The molecule has 1 fully saturated rings. The summed E-state index contributed by atoms with van der Waals surface area (Å²) in [6, 6.07) is 7.21. The summed E-state index contributed by atoms with van der Waals surface area (Å²) in [7, 11) is -3.41. The van der Waals surface area contributed by atoms with Crippen molar-refractivity contribution >= 4 is 27.3 Å². The fourth-order valence-electron chi connectivity index (χ4n) is 3.14.